The molecule has 0 saturated heterocycles. The van der Waals surface area contributed by atoms with Crippen LogP contribution in [-0.4, -0.2) is 10.0 Å². The molecule has 0 radical (unpaired) electrons. The van der Waals surface area contributed by atoms with Crippen molar-refractivity contribution in [3.05, 3.63) is 33.4 Å². The zero-order valence-corrected chi connectivity index (χ0v) is 9.67. The molecule has 18 heavy (non-hydrogen) atoms. The van der Waals surface area contributed by atoms with Gasteiger partial charge in [-0.25, -0.2) is 0 Å². The molecule has 6 nitrogen and oxygen atoms in total. The number of nitriles is 1. The van der Waals surface area contributed by atoms with Crippen LogP contribution < -0.4 is 5.73 Å². The molecule has 1 aromatic carbocycles. The molecule has 0 aromatic heterocycles. The smallest absolute Gasteiger partial charge is 0.312 e. The highest BCUT2D eigenvalue weighted by molar-refractivity contribution is 5.56. The summed E-state index contributed by atoms with van der Waals surface area (Å²) in [6, 6.07) is 3.86. The van der Waals surface area contributed by atoms with Gasteiger partial charge in [-0.05, 0) is 18.4 Å². The van der Waals surface area contributed by atoms with Crippen LogP contribution in [0.15, 0.2) is 12.1 Å². The summed E-state index contributed by atoms with van der Waals surface area (Å²) in [6.07, 6.45) is 2.89. The average Bonchev–Trinajstić information content (AvgIpc) is 3.12. The summed E-state index contributed by atoms with van der Waals surface area (Å²) in [6.45, 7) is 0. The molecular formula is C12H13N3O3. The molecule has 1 aromatic rings. The van der Waals surface area contributed by atoms with E-state index < -0.39 is 22.4 Å². The van der Waals surface area contributed by atoms with E-state index in [-0.39, 0.29) is 11.1 Å². The van der Waals surface area contributed by atoms with Crippen molar-refractivity contribution in [3.63, 3.8) is 0 Å². The number of aromatic hydroxyl groups is 1. The standard InChI is InChI=1S/C12H13N3O3/c13-6-8-3-9(10(14)4-7-1-2-7)12(16)11(5-8)15(17)18/h3,5,7,10,16H,1-2,4,14H2/t10-/m1/s1. The average molecular weight is 247 g/mol. The third kappa shape index (κ3) is 2.41. The minimum Gasteiger partial charge on any atom is -0.502 e. The van der Waals surface area contributed by atoms with Gasteiger partial charge in [0, 0.05) is 17.7 Å². The third-order valence-corrected chi connectivity index (χ3v) is 3.13. The topological polar surface area (TPSA) is 113 Å². The zero-order valence-electron chi connectivity index (χ0n) is 9.67. The number of nitrogens with zero attached hydrogens (tertiary/aromatic N) is 2. The van der Waals surface area contributed by atoms with Crippen LogP contribution in [0.3, 0.4) is 0 Å². The second-order valence-corrected chi connectivity index (χ2v) is 4.59. The minimum atomic E-state index is -0.705. The van der Waals surface area contributed by atoms with Gasteiger partial charge in [0.15, 0.2) is 5.75 Å². The molecule has 1 fully saturated rings. The monoisotopic (exact) mass is 247 g/mol. The predicted molar refractivity (Wildman–Crippen MR) is 63.7 cm³/mol. The molecule has 1 atom stereocenters. The summed E-state index contributed by atoms with van der Waals surface area (Å²) in [5, 5.41) is 29.5. The third-order valence-electron chi connectivity index (χ3n) is 3.13. The minimum absolute atomic E-state index is 0.140. The van der Waals surface area contributed by atoms with E-state index in [1.165, 1.54) is 6.07 Å². The fourth-order valence-corrected chi connectivity index (χ4v) is 1.97. The van der Waals surface area contributed by atoms with E-state index >= 15 is 0 Å². The fourth-order valence-electron chi connectivity index (χ4n) is 1.97. The Morgan fingerprint density at radius 1 is 1.61 bits per heavy atom. The Labute approximate surface area is 104 Å². The SMILES string of the molecule is N#Cc1cc([C@H](N)CC2CC2)c(O)c([N+](=O)[O-])c1. The van der Waals surface area contributed by atoms with E-state index in [4.69, 9.17) is 11.0 Å². The zero-order chi connectivity index (χ0) is 13.3. The van der Waals surface area contributed by atoms with Crippen LogP contribution >= 0.6 is 0 Å². The molecule has 1 saturated carbocycles. The maximum atomic E-state index is 10.8. The van der Waals surface area contributed by atoms with E-state index in [9.17, 15) is 15.2 Å². The van der Waals surface area contributed by atoms with Crippen molar-refractivity contribution in [2.45, 2.75) is 25.3 Å². The Bertz CT molecular complexity index is 532. The first-order valence-electron chi connectivity index (χ1n) is 5.70. The molecule has 0 unspecified atom stereocenters. The second-order valence-electron chi connectivity index (χ2n) is 4.59. The summed E-state index contributed by atoms with van der Waals surface area (Å²) in [5.41, 5.74) is 5.90. The van der Waals surface area contributed by atoms with Crippen LogP contribution in [0.2, 0.25) is 0 Å². The van der Waals surface area contributed by atoms with Gasteiger partial charge in [0.05, 0.1) is 16.6 Å². The summed E-state index contributed by atoms with van der Waals surface area (Å²) in [4.78, 5) is 10.1. The lowest BCUT2D eigenvalue weighted by atomic mass is 9.98. The number of nitrogens with two attached hydrogens (primary N) is 1. The molecule has 0 amide bonds. The van der Waals surface area contributed by atoms with Crippen LogP contribution in [0, 0.1) is 27.4 Å². The van der Waals surface area contributed by atoms with Crippen LogP contribution in [0.4, 0.5) is 5.69 Å². The molecule has 2 rings (SSSR count). The number of hydrogen-bond acceptors (Lipinski definition) is 5. The highest BCUT2D eigenvalue weighted by Gasteiger charge is 2.28. The van der Waals surface area contributed by atoms with Gasteiger partial charge >= 0.3 is 5.69 Å². The molecule has 94 valence electrons. The molecule has 1 aliphatic rings. The largest absolute Gasteiger partial charge is 0.502 e. The van der Waals surface area contributed by atoms with Gasteiger partial charge in [0.25, 0.3) is 0 Å². The van der Waals surface area contributed by atoms with E-state index in [0.29, 0.717) is 12.3 Å². The van der Waals surface area contributed by atoms with Crippen molar-refractivity contribution in [3.8, 4) is 11.8 Å². The summed E-state index contributed by atoms with van der Waals surface area (Å²) >= 11 is 0. The van der Waals surface area contributed by atoms with Crippen molar-refractivity contribution in [1.29, 1.82) is 5.26 Å². The molecule has 1 aliphatic carbocycles. The second kappa shape index (κ2) is 4.63. The first-order chi connectivity index (χ1) is 8.52. The summed E-state index contributed by atoms with van der Waals surface area (Å²) in [5.74, 6) is 0.108. The van der Waals surface area contributed by atoms with Crippen molar-refractivity contribution in [2.24, 2.45) is 11.7 Å². The predicted octanol–water partition coefficient (Wildman–Crippen LogP) is 1.97. The number of nitro groups is 1. The Morgan fingerprint density at radius 2 is 2.28 bits per heavy atom. The van der Waals surface area contributed by atoms with Crippen molar-refractivity contribution in [2.75, 3.05) is 0 Å². The quantitative estimate of drug-likeness (QED) is 0.623. The van der Waals surface area contributed by atoms with Gasteiger partial charge in [-0.2, -0.15) is 5.26 Å². The lowest BCUT2D eigenvalue weighted by Crippen LogP contribution is -2.12. The normalized spacial score (nSPS) is 16.0. The van der Waals surface area contributed by atoms with Crippen LogP contribution in [0.5, 0.6) is 5.75 Å². The van der Waals surface area contributed by atoms with Gasteiger partial charge < -0.3 is 10.8 Å². The summed E-state index contributed by atoms with van der Waals surface area (Å²) in [7, 11) is 0. The molecule has 0 bridgehead atoms. The van der Waals surface area contributed by atoms with E-state index in [2.05, 4.69) is 0 Å². The number of hydrogen-bond donors (Lipinski definition) is 2. The van der Waals surface area contributed by atoms with Crippen LogP contribution in [0.25, 0.3) is 0 Å². The molecular weight excluding hydrogens is 234 g/mol. The Morgan fingerprint density at radius 3 is 2.78 bits per heavy atom. The molecule has 0 heterocycles. The van der Waals surface area contributed by atoms with Gasteiger partial charge in [0.1, 0.15) is 0 Å². The Balaban J connectivity index is 2.41. The molecule has 6 heteroatoms. The van der Waals surface area contributed by atoms with Crippen LogP contribution in [-0.2, 0) is 0 Å². The van der Waals surface area contributed by atoms with E-state index in [1.54, 1.807) is 0 Å². The van der Waals surface area contributed by atoms with Gasteiger partial charge in [-0.3, -0.25) is 10.1 Å². The fraction of sp³-hybridized carbons (Fsp3) is 0.417. The first kappa shape index (κ1) is 12.3. The highest BCUT2D eigenvalue weighted by atomic mass is 16.6. The van der Waals surface area contributed by atoms with Gasteiger partial charge in [-0.1, -0.05) is 12.8 Å². The van der Waals surface area contributed by atoms with Gasteiger partial charge in [0.2, 0.25) is 0 Å². The van der Waals surface area contributed by atoms with Crippen molar-refractivity contribution in [1.82, 2.24) is 0 Å². The lowest BCUT2D eigenvalue weighted by Gasteiger charge is -2.13. The number of phenolic OH excluding ortho intramolecular Hbond substituents is 1. The van der Waals surface area contributed by atoms with Crippen molar-refractivity contribution >= 4 is 5.69 Å². The lowest BCUT2D eigenvalue weighted by molar-refractivity contribution is -0.386. The molecule has 0 spiro atoms. The van der Waals surface area contributed by atoms with Crippen LogP contribution in [0.1, 0.15) is 36.4 Å². The van der Waals surface area contributed by atoms with Gasteiger partial charge in [-0.15, -0.1) is 0 Å². The highest BCUT2D eigenvalue weighted by Crippen LogP contribution is 2.41. The van der Waals surface area contributed by atoms with E-state index in [0.717, 1.165) is 18.9 Å². The number of rotatable bonds is 4. The first-order valence-corrected chi connectivity index (χ1v) is 5.70. The Kier molecular flexibility index (Phi) is 3.17. The maximum absolute atomic E-state index is 10.8. The Hall–Kier alpha value is -2.13. The number of phenols is 1. The molecule has 3 N–H and O–H groups in total. The maximum Gasteiger partial charge on any atom is 0.312 e. The summed E-state index contributed by atoms with van der Waals surface area (Å²) < 4.78 is 0. The van der Waals surface area contributed by atoms with Crippen molar-refractivity contribution < 1.29 is 10.0 Å². The number of nitro benzene ring substituents is 1. The van der Waals surface area contributed by atoms with E-state index in [1.807, 2.05) is 6.07 Å². The number of benzene rings is 1. The molecule has 0 aliphatic heterocycles.